The molecule has 1 aliphatic heterocycles. The van der Waals surface area contributed by atoms with Gasteiger partial charge in [-0.05, 0) is 51.4 Å². The van der Waals surface area contributed by atoms with E-state index in [9.17, 15) is 19.1 Å². The van der Waals surface area contributed by atoms with Crippen LogP contribution in [-0.2, 0) is 0 Å². The average Bonchev–Trinajstić information content (AvgIpc) is 2.86. The lowest BCUT2D eigenvalue weighted by molar-refractivity contribution is 0.0126. The molecular weight excluding hydrogens is 387 g/mol. The van der Waals surface area contributed by atoms with Gasteiger partial charge in [-0.2, -0.15) is 0 Å². The number of hydrogen-bond acceptors (Lipinski definition) is 3. The molecule has 2 aromatic rings. The van der Waals surface area contributed by atoms with E-state index in [-0.39, 0.29) is 30.6 Å². The van der Waals surface area contributed by atoms with Crippen LogP contribution in [0.4, 0.5) is 9.18 Å². The van der Waals surface area contributed by atoms with Crippen molar-refractivity contribution >= 4 is 34.6 Å². The van der Waals surface area contributed by atoms with Crippen LogP contribution >= 0.6 is 11.6 Å². The molecule has 2 amide bonds. The second-order valence-corrected chi connectivity index (χ2v) is 8.58. The minimum atomic E-state index is -1.30. The number of piperidine rings is 1. The molecule has 1 aromatic heterocycles. The van der Waals surface area contributed by atoms with Crippen LogP contribution in [0.1, 0.15) is 43.1 Å². The fraction of sp³-hybridized carbons (Fsp3) is 0.500. The Morgan fingerprint density at radius 2 is 2.00 bits per heavy atom. The van der Waals surface area contributed by atoms with Crippen LogP contribution in [0.5, 0.6) is 0 Å². The number of fused-ring (bicyclic) bond motifs is 1. The van der Waals surface area contributed by atoms with Crippen molar-refractivity contribution in [3.63, 3.8) is 0 Å². The van der Waals surface area contributed by atoms with E-state index in [2.05, 4.69) is 0 Å². The van der Waals surface area contributed by atoms with E-state index >= 15 is 0 Å². The fourth-order valence-corrected chi connectivity index (χ4v) is 4.05. The number of amides is 2. The summed E-state index contributed by atoms with van der Waals surface area (Å²) in [6.07, 6.45) is -2.35. The average molecular weight is 411 g/mol. The Balaban J connectivity index is 1.88. The third kappa shape index (κ3) is 3.81. The molecule has 1 aromatic carbocycles. The summed E-state index contributed by atoms with van der Waals surface area (Å²) < 4.78 is 19.9. The lowest BCUT2D eigenvalue weighted by atomic mass is 9.96. The highest BCUT2D eigenvalue weighted by molar-refractivity contribution is 6.30. The molecule has 0 saturated carbocycles. The molecule has 3 rings (SSSR count). The van der Waals surface area contributed by atoms with Crippen LogP contribution in [0.3, 0.4) is 0 Å². The van der Waals surface area contributed by atoms with Crippen molar-refractivity contribution in [1.82, 2.24) is 9.80 Å². The highest BCUT2D eigenvalue weighted by atomic mass is 35.5. The Kier molecular flexibility index (Phi) is 5.32. The van der Waals surface area contributed by atoms with Gasteiger partial charge in [0.25, 0.3) is 5.91 Å². The minimum absolute atomic E-state index is 0.0666. The molecule has 152 valence electrons. The highest BCUT2D eigenvalue weighted by Gasteiger charge is 2.40. The van der Waals surface area contributed by atoms with Crippen molar-refractivity contribution in [3.05, 3.63) is 34.5 Å². The van der Waals surface area contributed by atoms with E-state index in [1.165, 1.54) is 9.80 Å². The fourth-order valence-electron chi connectivity index (χ4n) is 3.87. The van der Waals surface area contributed by atoms with Crippen LogP contribution in [0.15, 0.2) is 22.6 Å². The first-order chi connectivity index (χ1) is 13.0. The Bertz CT molecular complexity index is 921. The first kappa shape index (κ1) is 20.5. The Morgan fingerprint density at radius 3 is 2.61 bits per heavy atom. The van der Waals surface area contributed by atoms with Gasteiger partial charge in [-0.15, -0.1) is 0 Å². The third-order valence-corrected chi connectivity index (χ3v) is 5.45. The van der Waals surface area contributed by atoms with Gasteiger partial charge in [0.15, 0.2) is 5.22 Å². The van der Waals surface area contributed by atoms with Crippen molar-refractivity contribution < 1.29 is 23.5 Å². The predicted octanol–water partition coefficient (Wildman–Crippen LogP) is 4.73. The molecule has 2 atom stereocenters. The monoisotopic (exact) mass is 410 g/mol. The summed E-state index contributed by atoms with van der Waals surface area (Å²) in [5, 5.41) is 10.7. The molecule has 6 nitrogen and oxygen atoms in total. The number of hydrogen-bond donors (Lipinski definition) is 1. The molecule has 1 N–H and O–H groups in total. The normalized spacial score (nSPS) is 20.4. The molecule has 2 heterocycles. The van der Waals surface area contributed by atoms with Crippen molar-refractivity contribution in [2.24, 2.45) is 0 Å². The van der Waals surface area contributed by atoms with E-state index in [1.807, 2.05) is 6.92 Å². The smallest absolute Gasteiger partial charge is 0.408 e. The number of halogens is 2. The van der Waals surface area contributed by atoms with Gasteiger partial charge < -0.3 is 14.4 Å². The summed E-state index contributed by atoms with van der Waals surface area (Å²) in [5.41, 5.74) is 0.924. The lowest BCUT2D eigenvalue weighted by Gasteiger charge is -2.45. The van der Waals surface area contributed by atoms with E-state index in [0.29, 0.717) is 11.1 Å². The molecule has 0 unspecified atom stereocenters. The summed E-state index contributed by atoms with van der Waals surface area (Å²) in [6, 6.07) is 4.38. The number of likely N-dealkylation sites (tertiary alicyclic amines) is 1. The zero-order chi connectivity index (χ0) is 20.8. The highest BCUT2D eigenvalue weighted by Crippen LogP contribution is 2.31. The number of furan rings is 1. The standard InChI is InChI=1S/C20H24ClFN2O4/c1-11-15-6-5-12(7-16(15)28-17(11)21)18(25)23-9-13(22)8-14(10-23)24(19(26)27)20(2,3)4/h5-7,13-14H,8-10H2,1-4H3,(H,26,27)/t13-,14-/m1/s1. The van der Waals surface area contributed by atoms with Gasteiger partial charge in [-0.25, -0.2) is 9.18 Å². The van der Waals surface area contributed by atoms with Crippen LogP contribution in [0.2, 0.25) is 5.22 Å². The Hall–Kier alpha value is -2.28. The molecule has 1 aliphatic rings. The molecule has 0 spiro atoms. The largest absolute Gasteiger partial charge is 0.465 e. The zero-order valence-corrected chi connectivity index (χ0v) is 17.1. The number of aryl methyl sites for hydroxylation is 1. The summed E-state index contributed by atoms with van der Waals surface area (Å²) in [4.78, 5) is 27.3. The van der Waals surface area contributed by atoms with Crippen LogP contribution in [0, 0.1) is 6.92 Å². The van der Waals surface area contributed by atoms with Gasteiger partial charge in [0.2, 0.25) is 0 Å². The van der Waals surface area contributed by atoms with Crippen LogP contribution in [-0.4, -0.2) is 57.7 Å². The van der Waals surface area contributed by atoms with E-state index < -0.39 is 23.8 Å². The van der Waals surface area contributed by atoms with Crippen molar-refractivity contribution in [2.45, 2.75) is 51.9 Å². The van der Waals surface area contributed by atoms with Gasteiger partial charge in [0, 0.05) is 35.0 Å². The van der Waals surface area contributed by atoms with Crippen molar-refractivity contribution in [2.75, 3.05) is 13.1 Å². The van der Waals surface area contributed by atoms with Crippen molar-refractivity contribution in [3.8, 4) is 0 Å². The van der Waals surface area contributed by atoms with Gasteiger partial charge in [-0.1, -0.05) is 6.07 Å². The van der Waals surface area contributed by atoms with Gasteiger partial charge >= 0.3 is 6.09 Å². The second-order valence-electron chi connectivity index (χ2n) is 8.23. The van der Waals surface area contributed by atoms with Gasteiger partial charge in [-0.3, -0.25) is 9.69 Å². The number of nitrogens with zero attached hydrogens (tertiary/aromatic N) is 2. The van der Waals surface area contributed by atoms with Crippen molar-refractivity contribution in [1.29, 1.82) is 0 Å². The number of rotatable bonds is 2. The first-order valence-electron chi connectivity index (χ1n) is 9.13. The first-order valence-corrected chi connectivity index (χ1v) is 9.51. The number of alkyl halides is 1. The number of carbonyl (C=O) groups excluding carboxylic acids is 1. The summed E-state index contributed by atoms with van der Waals surface area (Å²) in [5.74, 6) is -0.362. The lowest BCUT2D eigenvalue weighted by Crippen LogP contribution is -2.59. The summed E-state index contributed by atoms with van der Waals surface area (Å²) >= 11 is 6.01. The molecule has 0 bridgehead atoms. The molecular formula is C20H24ClFN2O4. The summed E-state index contributed by atoms with van der Waals surface area (Å²) in [6.45, 7) is 7.16. The molecule has 8 heteroatoms. The Morgan fingerprint density at radius 1 is 1.32 bits per heavy atom. The summed E-state index contributed by atoms with van der Waals surface area (Å²) in [7, 11) is 0. The van der Waals surface area contributed by atoms with E-state index in [0.717, 1.165) is 10.9 Å². The maximum Gasteiger partial charge on any atom is 0.408 e. The molecule has 1 fully saturated rings. The SMILES string of the molecule is Cc1c(Cl)oc2cc(C(=O)N3C[C@H](F)C[C@@H](N(C(=O)O)C(C)(C)C)C3)ccc12. The second kappa shape index (κ2) is 7.28. The quantitative estimate of drug-likeness (QED) is 0.776. The molecule has 28 heavy (non-hydrogen) atoms. The van der Waals surface area contributed by atoms with Gasteiger partial charge in [0.05, 0.1) is 12.6 Å². The van der Waals surface area contributed by atoms with Crippen LogP contribution < -0.4 is 0 Å². The molecule has 1 saturated heterocycles. The molecule has 0 aliphatic carbocycles. The zero-order valence-electron chi connectivity index (χ0n) is 16.3. The topological polar surface area (TPSA) is 74.0 Å². The molecule has 0 radical (unpaired) electrons. The minimum Gasteiger partial charge on any atom is -0.465 e. The number of benzene rings is 1. The number of carboxylic acid groups (broad SMARTS) is 1. The van der Waals surface area contributed by atoms with Crippen LogP contribution in [0.25, 0.3) is 11.0 Å². The van der Waals surface area contributed by atoms with E-state index in [1.54, 1.807) is 39.0 Å². The third-order valence-electron chi connectivity index (χ3n) is 5.09. The Labute approximate surface area is 167 Å². The van der Waals surface area contributed by atoms with Gasteiger partial charge in [0.1, 0.15) is 11.8 Å². The maximum atomic E-state index is 14.4. The van der Waals surface area contributed by atoms with E-state index in [4.69, 9.17) is 16.0 Å². The predicted molar refractivity (Wildman–Crippen MR) is 105 cm³/mol. The maximum absolute atomic E-state index is 14.4. The number of carbonyl (C=O) groups is 2.